The lowest BCUT2D eigenvalue weighted by atomic mass is 10.1. The van der Waals surface area contributed by atoms with Gasteiger partial charge >= 0.3 is 0 Å². The van der Waals surface area contributed by atoms with Crippen LogP contribution in [0.5, 0.6) is 0 Å². The number of aryl methyl sites for hydroxylation is 1. The van der Waals surface area contributed by atoms with E-state index in [9.17, 15) is 0 Å². The Morgan fingerprint density at radius 1 is 1.64 bits per heavy atom. The van der Waals surface area contributed by atoms with E-state index in [0.29, 0.717) is 0 Å². The number of aromatic nitrogens is 2. The molecule has 2 aromatic rings. The van der Waals surface area contributed by atoms with Gasteiger partial charge in [0.2, 0.25) is 0 Å². The van der Waals surface area contributed by atoms with E-state index < -0.39 is 0 Å². The van der Waals surface area contributed by atoms with E-state index in [2.05, 4.69) is 21.8 Å². The molecule has 74 valence electrons. The number of thiophene rings is 1. The molecule has 0 saturated heterocycles. The molecule has 0 bridgehead atoms. The molecule has 4 heteroatoms. The van der Waals surface area contributed by atoms with Crippen molar-refractivity contribution in [3.8, 4) is 0 Å². The van der Waals surface area contributed by atoms with Crippen molar-refractivity contribution in [1.29, 1.82) is 0 Å². The van der Waals surface area contributed by atoms with Gasteiger partial charge < -0.3 is 10.3 Å². The second-order valence-corrected chi connectivity index (χ2v) is 4.15. The summed E-state index contributed by atoms with van der Waals surface area (Å²) < 4.78 is 1.97. The lowest BCUT2D eigenvalue weighted by Crippen LogP contribution is -2.16. The Kier molecular flexibility index (Phi) is 2.65. The molecule has 0 amide bonds. The maximum atomic E-state index is 6.08. The van der Waals surface area contributed by atoms with Crippen LogP contribution in [-0.2, 0) is 13.5 Å². The van der Waals surface area contributed by atoms with Crippen molar-refractivity contribution in [2.75, 3.05) is 0 Å². The standard InChI is InChI=1S/C10H13N3S/c1-13-7-12-5-10(13)9(11)4-8-2-3-14-6-8/h2-3,5-7,9H,4,11H2,1H3. The van der Waals surface area contributed by atoms with E-state index in [4.69, 9.17) is 5.73 Å². The van der Waals surface area contributed by atoms with Crippen LogP contribution < -0.4 is 5.73 Å². The number of imidazole rings is 1. The summed E-state index contributed by atoms with van der Waals surface area (Å²) in [5.41, 5.74) is 8.45. The molecule has 0 radical (unpaired) electrons. The predicted molar refractivity (Wildman–Crippen MR) is 58.2 cm³/mol. The van der Waals surface area contributed by atoms with Gasteiger partial charge in [0.15, 0.2) is 0 Å². The number of rotatable bonds is 3. The Bertz CT molecular complexity index is 391. The third-order valence-corrected chi connectivity index (χ3v) is 3.00. The predicted octanol–water partition coefficient (Wildman–Crippen LogP) is 1.72. The summed E-state index contributed by atoms with van der Waals surface area (Å²) in [5.74, 6) is 0. The minimum Gasteiger partial charge on any atom is -0.336 e. The van der Waals surface area contributed by atoms with Crippen LogP contribution in [0, 0.1) is 0 Å². The molecular weight excluding hydrogens is 194 g/mol. The minimum atomic E-state index is 0.0390. The van der Waals surface area contributed by atoms with Gasteiger partial charge in [0, 0.05) is 13.2 Å². The lowest BCUT2D eigenvalue weighted by Gasteiger charge is -2.10. The lowest BCUT2D eigenvalue weighted by molar-refractivity contribution is 0.657. The summed E-state index contributed by atoms with van der Waals surface area (Å²) in [7, 11) is 1.97. The number of hydrogen-bond donors (Lipinski definition) is 1. The molecule has 0 aliphatic carbocycles. The number of nitrogens with zero attached hydrogens (tertiary/aromatic N) is 2. The average molecular weight is 207 g/mol. The zero-order chi connectivity index (χ0) is 9.97. The Labute approximate surface area is 87.2 Å². The van der Waals surface area contributed by atoms with Crippen LogP contribution in [0.25, 0.3) is 0 Å². The van der Waals surface area contributed by atoms with Crippen molar-refractivity contribution in [3.05, 3.63) is 40.6 Å². The first kappa shape index (κ1) is 9.43. The molecule has 1 atom stereocenters. The van der Waals surface area contributed by atoms with E-state index in [-0.39, 0.29) is 6.04 Å². The van der Waals surface area contributed by atoms with Gasteiger partial charge in [-0.25, -0.2) is 4.98 Å². The van der Waals surface area contributed by atoms with Gasteiger partial charge in [0.1, 0.15) is 0 Å². The molecule has 2 rings (SSSR count). The smallest absolute Gasteiger partial charge is 0.0946 e. The van der Waals surface area contributed by atoms with Gasteiger partial charge in [0.05, 0.1) is 18.1 Å². The summed E-state index contributed by atoms with van der Waals surface area (Å²) in [4.78, 5) is 4.06. The summed E-state index contributed by atoms with van der Waals surface area (Å²) in [6, 6.07) is 2.15. The molecule has 0 aromatic carbocycles. The third-order valence-electron chi connectivity index (χ3n) is 2.27. The number of hydrogen-bond acceptors (Lipinski definition) is 3. The molecule has 0 saturated carbocycles. The van der Waals surface area contributed by atoms with E-state index in [1.807, 2.05) is 17.8 Å². The van der Waals surface area contributed by atoms with Crippen molar-refractivity contribution in [3.63, 3.8) is 0 Å². The molecule has 0 aliphatic heterocycles. The summed E-state index contributed by atoms with van der Waals surface area (Å²) in [6.07, 6.45) is 4.49. The largest absolute Gasteiger partial charge is 0.336 e. The third kappa shape index (κ3) is 1.86. The summed E-state index contributed by atoms with van der Waals surface area (Å²) in [5, 5.41) is 4.21. The minimum absolute atomic E-state index is 0.0390. The highest BCUT2D eigenvalue weighted by Crippen LogP contribution is 2.16. The van der Waals surface area contributed by atoms with Crippen LogP contribution in [0.2, 0.25) is 0 Å². The summed E-state index contributed by atoms with van der Waals surface area (Å²) >= 11 is 1.71. The van der Waals surface area contributed by atoms with Crippen molar-refractivity contribution < 1.29 is 0 Å². The average Bonchev–Trinajstić information content (AvgIpc) is 2.75. The Balaban J connectivity index is 2.10. The Hall–Kier alpha value is -1.13. The van der Waals surface area contributed by atoms with Crippen LogP contribution in [0.4, 0.5) is 0 Å². The zero-order valence-electron chi connectivity index (χ0n) is 8.05. The molecule has 0 fully saturated rings. The van der Waals surface area contributed by atoms with Crippen LogP contribution in [0.15, 0.2) is 29.4 Å². The van der Waals surface area contributed by atoms with Gasteiger partial charge in [-0.1, -0.05) is 0 Å². The van der Waals surface area contributed by atoms with Crippen LogP contribution in [0.1, 0.15) is 17.3 Å². The molecule has 1 unspecified atom stereocenters. The molecule has 2 N–H and O–H groups in total. The SMILES string of the molecule is Cn1cncc1C(N)Cc1ccsc1. The normalized spacial score (nSPS) is 13.0. The maximum absolute atomic E-state index is 6.08. The second-order valence-electron chi connectivity index (χ2n) is 3.37. The topological polar surface area (TPSA) is 43.8 Å². The fourth-order valence-electron chi connectivity index (χ4n) is 1.49. The van der Waals surface area contributed by atoms with Gasteiger partial charge in [-0.15, -0.1) is 0 Å². The van der Waals surface area contributed by atoms with Crippen molar-refractivity contribution >= 4 is 11.3 Å². The van der Waals surface area contributed by atoms with Crippen molar-refractivity contribution in [2.24, 2.45) is 12.8 Å². The fraction of sp³-hybridized carbons (Fsp3) is 0.300. The zero-order valence-corrected chi connectivity index (χ0v) is 8.87. The molecule has 14 heavy (non-hydrogen) atoms. The van der Waals surface area contributed by atoms with E-state index in [1.165, 1.54) is 5.56 Å². The van der Waals surface area contributed by atoms with Crippen LogP contribution >= 0.6 is 11.3 Å². The van der Waals surface area contributed by atoms with Gasteiger partial charge in [-0.3, -0.25) is 0 Å². The molecule has 3 nitrogen and oxygen atoms in total. The Morgan fingerprint density at radius 2 is 2.50 bits per heavy atom. The highest BCUT2D eigenvalue weighted by atomic mass is 32.1. The fourth-order valence-corrected chi connectivity index (χ4v) is 2.17. The monoisotopic (exact) mass is 207 g/mol. The van der Waals surface area contributed by atoms with E-state index >= 15 is 0 Å². The van der Waals surface area contributed by atoms with Crippen LogP contribution in [0.3, 0.4) is 0 Å². The Morgan fingerprint density at radius 3 is 3.07 bits per heavy atom. The van der Waals surface area contributed by atoms with Gasteiger partial charge in [-0.05, 0) is 28.8 Å². The number of nitrogens with two attached hydrogens (primary N) is 1. The van der Waals surface area contributed by atoms with E-state index in [0.717, 1.165) is 12.1 Å². The first-order valence-electron chi connectivity index (χ1n) is 4.50. The first-order valence-corrected chi connectivity index (χ1v) is 5.44. The maximum Gasteiger partial charge on any atom is 0.0946 e. The first-order chi connectivity index (χ1) is 6.77. The highest BCUT2D eigenvalue weighted by molar-refractivity contribution is 7.07. The second kappa shape index (κ2) is 3.94. The van der Waals surface area contributed by atoms with Crippen molar-refractivity contribution in [1.82, 2.24) is 9.55 Å². The quantitative estimate of drug-likeness (QED) is 0.833. The molecule has 2 heterocycles. The highest BCUT2D eigenvalue weighted by Gasteiger charge is 2.10. The van der Waals surface area contributed by atoms with Crippen LogP contribution in [-0.4, -0.2) is 9.55 Å². The molecule has 0 aliphatic rings. The van der Waals surface area contributed by atoms with Gasteiger partial charge in [-0.2, -0.15) is 11.3 Å². The molecule has 0 spiro atoms. The summed E-state index contributed by atoms with van der Waals surface area (Å²) in [6.45, 7) is 0. The van der Waals surface area contributed by atoms with Crippen molar-refractivity contribution in [2.45, 2.75) is 12.5 Å². The molecular formula is C10H13N3S. The van der Waals surface area contributed by atoms with E-state index in [1.54, 1.807) is 17.7 Å². The molecule has 2 aromatic heterocycles. The van der Waals surface area contributed by atoms with Gasteiger partial charge in [0.25, 0.3) is 0 Å².